The lowest BCUT2D eigenvalue weighted by Crippen LogP contribution is -2.52. The molecule has 0 saturated carbocycles. The summed E-state index contributed by atoms with van der Waals surface area (Å²) in [5.41, 5.74) is 0.155. The summed E-state index contributed by atoms with van der Waals surface area (Å²) in [5, 5.41) is 19.9. The molecule has 3 aromatic rings. The highest BCUT2D eigenvalue weighted by Crippen LogP contribution is 2.37. The number of piperidine rings is 4. The lowest BCUT2D eigenvalue weighted by atomic mass is 9.96. The van der Waals surface area contributed by atoms with E-state index in [9.17, 15) is 32.7 Å². The smallest absolute Gasteiger partial charge is 0.389 e. The van der Waals surface area contributed by atoms with Crippen LogP contribution in [0.15, 0.2) is 36.8 Å². The van der Waals surface area contributed by atoms with E-state index in [0.717, 1.165) is 102 Å². The number of carbonyl (C=O) groups excluding carboxylic acids is 3. The van der Waals surface area contributed by atoms with Crippen LogP contribution in [0.25, 0.3) is 11.3 Å². The van der Waals surface area contributed by atoms with Crippen LogP contribution in [-0.2, 0) is 33.6 Å². The molecule has 3 N–H and O–H groups in total. The third-order valence-electron chi connectivity index (χ3n) is 12.3. The van der Waals surface area contributed by atoms with Gasteiger partial charge in [-0.3, -0.25) is 24.4 Å². The highest BCUT2D eigenvalue weighted by Gasteiger charge is 2.39. The first kappa shape index (κ1) is 45.0. The van der Waals surface area contributed by atoms with Gasteiger partial charge in [-0.25, -0.2) is 18.6 Å². The number of likely N-dealkylation sites (tertiary alicyclic amines) is 1. The summed E-state index contributed by atoms with van der Waals surface area (Å²) in [6.07, 6.45) is 5.58. The SMILES string of the molecule is CC(C)(O)Cn1cc(-c2nc(NC3CCN(SN4CCC(CN5CCC(OCC#Cc6ccc7c(c6)CN(C6CCC(=O)NC6=O)C7=O)CC5)CC4)CC3)ncc2C(F)(F)F)cn1. The number of nitrogens with one attached hydrogen (secondary N) is 2. The van der Waals surface area contributed by atoms with E-state index in [4.69, 9.17) is 4.74 Å². The predicted molar refractivity (Wildman–Crippen MR) is 229 cm³/mol. The molecular formula is C44H55F3N10O5S. The zero-order chi connectivity index (χ0) is 44.3. The van der Waals surface area contributed by atoms with Gasteiger partial charge >= 0.3 is 6.18 Å². The van der Waals surface area contributed by atoms with Gasteiger partial charge in [-0.05, 0) is 88.5 Å². The summed E-state index contributed by atoms with van der Waals surface area (Å²) in [6, 6.07) is 4.89. The molecule has 2 aromatic heterocycles. The minimum Gasteiger partial charge on any atom is -0.389 e. The van der Waals surface area contributed by atoms with Gasteiger partial charge in [-0.2, -0.15) is 18.3 Å². The molecule has 3 amide bonds. The minimum atomic E-state index is -4.64. The fraction of sp³-hybridized carbons (Fsp3) is 0.591. The number of aromatic nitrogens is 4. The molecule has 8 rings (SSSR count). The topological polar surface area (TPSA) is 161 Å². The molecular weight excluding hydrogens is 838 g/mol. The van der Waals surface area contributed by atoms with Crippen LogP contribution in [0.5, 0.6) is 0 Å². The van der Waals surface area contributed by atoms with E-state index < -0.39 is 29.3 Å². The molecule has 5 aliphatic rings. The van der Waals surface area contributed by atoms with Gasteiger partial charge in [0.05, 0.1) is 30.1 Å². The number of hydrogen-bond donors (Lipinski definition) is 3. The van der Waals surface area contributed by atoms with Crippen molar-refractivity contribution in [3.63, 3.8) is 0 Å². The molecule has 7 heterocycles. The number of amides is 3. The molecule has 1 unspecified atom stereocenters. The van der Waals surface area contributed by atoms with Gasteiger partial charge in [0.2, 0.25) is 17.8 Å². The second kappa shape index (κ2) is 19.3. The number of carbonyl (C=O) groups is 3. The number of aliphatic hydroxyl groups is 1. The number of anilines is 1. The Balaban J connectivity index is 0.713. The van der Waals surface area contributed by atoms with Crippen molar-refractivity contribution in [3.8, 4) is 23.1 Å². The molecule has 0 aliphatic carbocycles. The van der Waals surface area contributed by atoms with Crippen molar-refractivity contribution in [3.05, 3.63) is 59.0 Å². The van der Waals surface area contributed by atoms with E-state index in [-0.39, 0.29) is 54.1 Å². The maximum absolute atomic E-state index is 13.9. The predicted octanol–water partition coefficient (Wildman–Crippen LogP) is 4.58. The first-order valence-corrected chi connectivity index (χ1v) is 22.6. The van der Waals surface area contributed by atoms with Crippen molar-refractivity contribution in [2.75, 3.05) is 57.7 Å². The molecule has 63 heavy (non-hydrogen) atoms. The largest absolute Gasteiger partial charge is 0.419 e. The van der Waals surface area contributed by atoms with E-state index in [0.29, 0.717) is 31.1 Å². The van der Waals surface area contributed by atoms with Gasteiger partial charge in [0.1, 0.15) is 18.2 Å². The van der Waals surface area contributed by atoms with E-state index in [1.165, 1.54) is 17.1 Å². The van der Waals surface area contributed by atoms with Gasteiger partial charge in [0, 0.05) is 106 Å². The molecule has 1 aromatic carbocycles. The monoisotopic (exact) mass is 892 g/mol. The summed E-state index contributed by atoms with van der Waals surface area (Å²) < 4.78 is 54.2. The number of nitrogens with zero attached hydrogens (tertiary/aromatic N) is 8. The fourth-order valence-corrected chi connectivity index (χ4v) is 10.1. The van der Waals surface area contributed by atoms with E-state index in [2.05, 4.69) is 51.1 Å². The van der Waals surface area contributed by atoms with Crippen LogP contribution in [-0.4, -0.2) is 137 Å². The first-order valence-electron chi connectivity index (χ1n) is 21.9. The molecule has 0 bridgehead atoms. The summed E-state index contributed by atoms with van der Waals surface area (Å²) in [7, 11) is 0. The molecule has 0 radical (unpaired) electrons. The molecule has 15 nitrogen and oxygen atoms in total. The van der Waals surface area contributed by atoms with Crippen LogP contribution in [0.3, 0.4) is 0 Å². The second-order valence-corrected chi connectivity index (χ2v) is 19.1. The van der Waals surface area contributed by atoms with Crippen molar-refractivity contribution < 1.29 is 37.4 Å². The van der Waals surface area contributed by atoms with Crippen molar-refractivity contribution >= 4 is 35.8 Å². The molecule has 1 atom stereocenters. The molecule has 5 aliphatic heterocycles. The van der Waals surface area contributed by atoms with Crippen LogP contribution in [0.4, 0.5) is 19.1 Å². The number of imide groups is 1. The fourth-order valence-electron chi connectivity index (χ4n) is 9.02. The Bertz CT molecular complexity index is 2200. The van der Waals surface area contributed by atoms with Gasteiger partial charge in [0.15, 0.2) is 0 Å². The van der Waals surface area contributed by atoms with Crippen LogP contribution in [0.2, 0.25) is 0 Å². The maximum Gasteiger partial charge on any atom is 0.419 e. The van der Waals surface area contributed by atoms with E-state index in [1.807, 2.05) is 12.1 Å². The lowest BCUT2D eigenvalue weighted by Gasteiger charge is -2.39. The Morgan fingerprint density at radius 3 is 2.40 bits per heavy atom. The standard InChI is InChI=1S/C44H55F3N10O5S/c1-43(2,61)28-54-26-32(23-49-54)39-36(44(45,46)47)24-48-42(52-39)50-33-11-19-56(20-12-33)63-55-17-9-30(10-18-55)25-53-15-13-34(14-16-53)62-21-3-4-29-5-6-35-31(22-29)27-57(41(35)60)37-7-8-38(58)51-40(37)59/h5-6,22-24,26,30,33-34,37,61H,7-21,25,27-28H2,1-2H3,(H,48,50,52)(H,51,58,59). The van der Waals surface area contributed by atoms with E-state index in [1.54, 1.807) is 36.9 Å². The average Bonchev–Trinajstić information content (AvgIpc) is 3.83. The van der Waals surface area contributed by atoms with Gasteiger partial charge in [0.25, 0.3) is 5.91 Å². The number of fused-ring (bicyclic) bond motifs is 1. The van der Waals surface area contributed by atoms with Gasteiger partial charge in [-0.15, -0.1) is 0 Å². The summed E-state index contributed by atoms with van der Waals surface area (Å²) in [6.45, 7) is 10.8. The number of ether oxygens (including phenoxy) is 1. The third kappa shape index (κ3) is 11.6. The normalized spacial score (nSPS) is 21.7. The average molecular weight is 893 g/mol. The molecule has 338 valence electrons. The van der Waals surface area contributed by atoms with Crippen LogP contribution < -0.4 is 10.6 Å². The Morgan fingerprint density at radius 2 is 1.70 bits per heavy atom. The number of alkyl halides is 3. The van der Waals surface area contributed by atoms with Crippen LogP contribution in [0, 0.1) is 17.8 Å². The van der Waals surface area contributed by atoms with Gasteiger partial charge < -0.3 is 25.0 Å². The lowest BCUT2D eigenvalue weighted by molar-refractivity contribution is -0.138. The minimum absolute atomic E-state index is 0.0324. The van der Waals surface area contributed by atoms with Crippen molar-refractivity contribution in [2.24, 2.45) is 5.92 Å². The van der Waals surface area contributed by atoms with Crippen LogP contribution >= 0.6 is 12.1 Å². The Morgan fingerprint density at radius 1 is 0.968 bits per heavy atom. The number of benzene rings is 1. The van der Waals surface area contributed by atoms with Gasteiger partial charge in [-0.1, -0.05) is 11.8 Å². The molecule has 4 saturated heterocycles. The number of rotatable bonds is 12. The van der Waals surface area contributed by atoms with Crippen LogP contribution in [0.1, 0.15) is 92.3 Å². The second-order valence-electron chi connectivity index (χ2n) is 17.9. The zero-order valence-corrected chi connectivity index (χ0v) is 36.5. The Kier molecular flexibility index (Phi) is 13.8. The van der Waals surface area contributed by atoms with E-state index >= 15 is 0 Å². The maximum atomic E-state index is 13.9. The molecule has 0 spiro atoms. The quantitative estimate of drug-likeness (QED) is 0.132. The van der Waals surface area contributed by atoms with Crippen molar-refractivity contribution in [1.29, 1.82) is 0 Å². The highest BCUT2D eigenvalue weighted by molar-refractivity contribution is 7.94. The summed E-state index contributed by atoms with van der Waals surface area (Å²) in [4.78, 5) is 49.3. The third-order valence-corrected chi connectivity index (χ3v) is 13.5. The van der Waals surface area contributed by atoms with Crippen molar-refractivity contribution in [2.45, 2.75) is 108 Å². The van der Waals surface area contributed by atoms with Crippen molar-refractivity contribution in [1.82, 2.24) is 43.5 Å². The number of halogens is 3. The molecule has 4 fully saturated rings. The Labute approximate surface area is 369 Å². The first-order chi connectivity index (χ1) is 30.1. The highest BCUT2D eigenvalue weighted by atomic mass is 32.2. The molecule has 19 heteroatoms. The summed E-state index contributed by atoms with van der Waals surface area (Å²) in [5.74, 6) is 6.19. The zero-order valence-electron chi connectivity index (χ0n) is 35.7. The Hall–Kier alpha value is -4.58. The number of hydrogen-bond acceptors (Lipinski definition) is 13. The summed E-state index contributed by atoms with van der Waals surface area (Å²) >= 11 is 1.80.